The largest absolute Gasteiger partial charge is 0.396 e. The molecule has 124 valence electrons. The van der Waals surface area contributed by atoms with Gasteiger partial charge >= 0.3 is 0 Å². The second kappa shape index (κ2) is 21.1. The highest BCUT2D eigenvalue weighted by atomic mass is 16.5. The van der Waals surface area contributed by atoms with Crippen molar-refractivity contribution in [1.82, 2.24) is 0 Å². The van der Waals surface area contributed by atoms with Crippen LogP contribution in [0.15, 0.2) is 0 Å². The van der Waals surface area contributed by atoms with Gasteiger partial charge in [0.1, 0.15) is 0 Å². The molecular weight excluding hydrogens is 264 g/mol. The predicted octanol–water partition coefficient (Wildman–Crippen LogP) is 0.314. The molecule has 0 amide bonds. The summed E-state index contributed by atoms with van der Waals surface area (Å²) in [7, 11) is 0. The fraction of sp³-hybridized carbons (Fsp3) is 1.00. The van der Waals surface area contributed by atoms with Crippen LogP contribution in [0.2, 0.25) is 0 Å². The van der Waals surface area contributed by atoms with Crippen molar-refractivity contribution in [3.05, 3.63) is 0 Å². The molecule has 1 atom stereocenters. The van der Waals surface area contributed by atoms with E-state index in [1.807, 2.05) is 0 Å². The molecule has 20 heavy (non-hydrogen) atoms. The van der Waals surface area contributed by atoms with Crippen molar-refractivity contribution in [3.8, 4) is 0 Å². The van der Waals surface area contributed by atoms with Crippen LogP contribution in [-0.4, -0.2) is 72.8 Å². The Labute approximate surface area is 122 Å². The number of hydrogen-bond acceptors (Lipinski definition) is 6. The standard InChI is InChI=1S/C8H18O3.C6H14O3/c1-8(10)7-11-6-4-2-3-5-9;7-3-1-2-5-9-6-4-8/h8-10H,2-7H2,1H3;7-8H,1-6H2. The average molecular weight is 296 g/mol. The summed E-state index contributed by atoms with van der Waals surface area (Å²) in [6.07, 6.45) is 4.09. The lowest BCUT2D eigenvalue weighted by Gasteiger charge is -2.04. The second-order valence-electron chi connectivity index (χ2n) is 4.47. The summed E-state index contributed by atoms with van der Waals surface area (Å²) >= 11 is 0. The third kappa shape index (κ3) is 26.3. The van der Waals surface area contributed by atoms with E-state index in [0.29, 0.717) is 26.4 Å². The fourth-order valence-corrected chi connectivity index (χ4v) is 1.23. The molecule has 0 aliphatic rings. The predicted molar refractivity (Wildman–Crippen MR) is 77.7 cm³/mol. The van der Waals surface area contributed by atoms with Gasteiger partial charge in [0, 0.05) is 26.4 Å². The van der Waals surface area contributed by atoms with E-state index in [4.69, 9.17) is 29.9 Å². The highest BCUT2D eigenvalue weighted by molar-refractivity contribution is 4.43. The molecular formula is C14H32O6. The van der Waals surface area contributed by atoms with Crippen molar-refractivity contribution in [2.75, 3.05) is 46.2 Å². The van der Waals surface area contributed by atoms with Gasteiger partial charge < -0.3 is 29.9 Å². The summed E-state index contributed by atoms with van der Waals surface area (Å²) in [5, 5.41) is 33.8. The van der Waals surface area contributed by atoms with E-state index in [1.54, 1.807) is 6.92 Å². The van der Waals surface area contributed by atoms with E-state index >= 15 is 0 Å². The van der Waals surface area contributed by atoms with Crippen LogP contribution in [0, 0.1) is 0 Å². The van der Waals surface area contributed by atoms with Crippen LogP contribution < -0.4 is 0 Å². The molecule has 1 unspecified atom stereocenters. The van der Waals surface area contributed by atoms with Crippen LogP contribution in [0.25, 0.3) is 0 Å². The summed E-state index contributed by atoms with van der Waals surface area (Å²) in [6, 6.07) is 0. The van der Waals surface area contributed by atoms with E-state index in [-0.39, 0.29) is 25.9 Å². The van der Waals surface area contributed by atoms with E-state index in [9.17, 15) is 0 Å². The van der Waals surface area contributed by atoms with Crippen molar-refractivity contribution in [1.29, 1.82) is 0 Å². The highest BCUT2D eigenvalue weighted by Crippen LogP contribution is 1.95. The van der Waals surface area contributed by atoms with Gasteiger partial charge in [-0.25, -0.2) is 0 Å². The Kier molecular flexibility index (Phi) is 23.2. The Morgan fingerprint density at radius 2 is 1.25 bits per heavy atom. The molecule has 0 heterocycles. The van der Waals surface area contributed by atoms with E-state index < -0.39 is 0 Å². The molecule has 6 nitrogen and oxygen atoms in total. The fourth-order valence-electron chi connectivity index (χ4n) is 1.23. The van der Waals surface area contributed by atoms with Crippen LogP contribution in [0.5, 0.6) is 0 Å². The Morgan fingerprint density at radius 3 is 1.80 bits per heavy atom. The molecule has 0 radical (unpaired) electrons. The minimum atomic E-state index is -0.368. The van der Waals surface area contributed by atoms with Gasteiger partial charge in [0.2, 0.25) is 0 Å². The molecule has 0 aromatic heterocycles. The third-order valence-corrected chi connectivity index (χ3v) is 2.24. The lowest BCUT2D eigenvalue weighted by molar-refractivity contribution is 0.0442. The number of aliphatic hydroxyl groups is 4. The second-order valence-corrected chi connectivity index (χ2v) is 4.47. The molecule has 0 saturated carbocycles. The molecule has 0 bridgehead atoms. The van der Waals surface area contributed by atoms with Crippen molar-refractivity contribution in [2.45, 2.75) is 45.1 Å². The number of unbranched alkanes of at least 4 members (excludes halogenated alkanes) is 3. The van der Waals surface area contributed by atoms with Crippen LogP contribution in [0.4, 0.5) is 0 Å². The van der Waals surface area contributed by atoms with Crippen LogP contribution in [0.3, 0.4) is 0 Å². The molecule has 0 spiro atoms. The van der Waals surface area contributed by atoms with Gasteiger partial charge in [0.05, 0.1) is 25.9 Å². The molecule has 0 aromatic rings. The highest BCUT2D eigenvalue weighted by Gasteiger charge is 1.94. The zero-order valence-corrected chi connectivity index (χ0v) is 12.7. The third-order valence-electron chi connectivity index (χ3n) is 2.24. The van der Waals surface area contributed by atoms with Crippen LogP contribution >= 0.6 is 0 Å². The molecule has 0 aromatic carbocycles. The van der Waals surface area contributed by atoms with Gasteiger partial charge in [-0.3, -0.25) is 0 Å². The first-order valence-corrected chi connectivity index (χ1v) is 7.35. The van der Waals surface area contributed by atoms with Crippen molar-refractivity contribution < 1.29 is 29.9 Å². The maximum absolute atomic E-state index is 8.79. The molecule has 0 saturated heterocycles. The lowest BCUT2D eigenvalue weighted by atomic mass is 10.2. The molecule has 0 fully saturated rings. The Hall–Kier alpha value is -0.240. The van der Waals surface area contributed by atoms with Gasteiger partial charge in [-0.05, 0) is 39.0 Å². The van der Waals surface area contributed by atoms with Crippen molar-refractivity contribution >= 4 is 0 Å². The Balaban J connectivity index is 0. The zero-order chi connectivity index (χ0) is 15.5. The Bertz CT molecular complexity index is 149. The van der Waals surface area contributed by atoms with Gasteiger partial charge in [-0.1, -0.05) is 0 Å². The summed E-state index contributed by atoms with van der Waals surface area (Å²) in [5.74, 6) is 0. The smallest absolute Gasteiger partial charge is 0.0745 e. The maximum Gasteiger partial charge on any atom is 0.0745 e. The maximum atomic E-state index is 8.79. The SMILES string of the molecule is CC(O)COCCCCCO.OCCCCOCCO. The summed E-state index contributed by atoms with van der Waals surface area (Å²) in [5.41, 5.74) is 0. The number of rotatable bonds is 13. The molecule has 0 aliphatic heterocycles. The summed E-state index contributed by atoms with van der Waals surface area (Å²) < 4.78 is 10.0. The minimum Gasteiger partial charge on any atom is -0.396 e. The molecule has 4 N–H and O–H groups in total. The average Bonchev–Trinajstić information content (AvgIpc) is 2.43. The first-order chi connectivity index (χ1) is 9.68. The van der Waals surface area contributed by atoms with Gasteiger partial charge in [0.15, 0.2) is 0 Å². The molecule has 0 rings (SSSR count). The first kappa shape index (κ1) is 22.0. The van der Waals surface area contributed by atoms with Crippen molar-refractivity contribution in [3.63, 3.8) is 0 Å². The normalized spacial score (nSPS) is 11.8. The van der Waals surface area contributed by atoms with E-state index in [1.165, 1.54) is 0 Å². The number of aliphatic hydroxyl groups excluding tert-OH is 4. The number of ether oxygens (including phenoxy) is 2. The number of hydrogen-bond donors (Lipinski definition) is 4. The van der Waals surface area contributed by atoms with Gasteiger partial charge in [-0.15, -0.1) is 0 Å². The van der Waals surface area contributed by atoms with Gasteiger partial charge in [0.25, 0.3) is 0 Å². The monoisotopic (exact) mass is 296 g/mol. The van der Waals surface area contributed by atoms with Crippen LogP contribution in [-0.2, 0) is 9.47 Å². The van der Waals surface area contributed by atoms with Crippen molar-refractivity contribution in [2.24, 2.45) is 0 Å². The van der Waals surface area contributed by atoms with E-state index in [2.05, 4.69) is 0 Å². The van der Waals surface area contributed by atoms with Crippen LogP contribution in [0.1, 0.15) is 39.0 Å². The molecule has 6 heteroatoms. The zero-order valence-electron chi connectivity index (χ0n) is 12.7. The molecule has 0 aliphatic carbocycles. The Morgan fingerprint density at radius 1 is 0.700 bits per heavy atom. The summed E-state index contributed by atoms with van der Waals surface area (Å²) in [4.78, 5) is 0. The topological polar surface area (TPSA) is 99.4 Å². The van der Waals surface area contributed by atoms with Gasteiger partial charge in [-0.2, -0.15) is 0 Å². The minimum absolute atomic E-state index is 0.0825. The van der Waals surface area contributed by atoms with E-state index in [0.717, 1.165) is 32.1 Å². The first-order valence-electron chi connectivity index (χ1n) is 7.35. The quantitative estimate of drug-likeness (QED) is 0.365. The summed E-state index contributed by atoms with van der Waals surface area (Å²) in [6.45, 7) is 4.42. The lowest BCUT2D eigenvalue weighted by Crippen LogP contribution is -2.10.